The SMILES string of the molecule is C=C(C)[CH](C(=O)OCC)[Ge]([CH3])([CH3])[CH3]. The number of carbonyl (C=O) groups is 1. The summed E-state index contributed by atoms with van der Waals surface area (Å²) < 4.78 is 5.03. The Bertz CT molecular complexity index is 203. The number of carbonyl (C=O) groups excluding carboxylic acids is 1. The van der Waals surface area contributed by atoms with Crippen LogP contribution in [0.1, 0.15) is 13.8 Å². The van der Waals surface area contributed by atoms with Crippen LogP contribution in [0, 0.1) is 0 Å². The predicted molar refractivity (Wildman–Crippen MR) is 58.5 cm³/mol. The zero-order chi connectivity index (χ0) is 10.6. The van der Waals surface area contributed by atoms with Crippen molar-refractivity contribution in [3.63, 3.8) is 0 Å². The topological polar surface area (TPSA) is 26.3 Å². The van der Waals surface area contributed by atoms with Gasteiger partial charge in [0.2, 0.25) is 0 Å². The quantitative estimate of drug-likeness (QED) is 0.432. The Morgan fingerprint density at radius 3 is 2.15 bits per heavy atom. The van der Waals surface area contributed by atoms with E-state index in [1.807, 2.05) is 13.8 Å². The fourth-order valence-corrected chi connectivity index (χ4v) is 6.28. The van der Waals surface area contributed by atoms with Crippen molar-refractivity contribution < 1.29 is 9.53 Å². The molecule has 0 aliphatic heterocycles. The van der Waals surface area contributed by atoms with Gasteiger partial charge in [-0.2, -0.15) is 0 Å². The van der Waals surface area contributed by atoms with Crippen molar-refractivity contribution in [2.75, 3.05) is 6.61 Å². The normalized spacial score (nSPS) is 13.6. The molecule has 1 atom stereocenters. The number of esters is 1. The first-order valence-electron chi connectivity index (χ1n) is 4.62. The van der Waals surface area contributed by atoms with Crippen molar-refractivity contribution in [2.45, 2.75) is 35.9 Å². The molecule has 0 radical (unpaired) electrons. The molecular formula is C10H20GeO2. The molecule has 0 amide bonds. The van der Waals surface area contributed by atoms with Gasteiger partial charge in [-0.05, 0) is 0 Å². The average Bonchev–Trinajstić information content (AvgIpc) is 1.82. The summed E-state index contributed by atoms with van der Waals surface area (Å²) in [6, 6.07) is 0. The molecule has 0 aliphatic rings. The van der Waals surface area contributed by atoms with Crippen LogP contribution in [0.5, 0.6) is 0 Å². The van der Waals surface area contributed by atoms with Gasteiger partial charge in [0.1, 0.15) is 0 Å². The molecule has 0 aliphatic carbocycles. The third-order valence-electron chi connectivity index (χ3n) is 1.88. The van der Waals surface area contributed by atoms with E-state index in [2.05, 4.69) is 23.8 Å². The number of ether oxygens (including phenoxy) is 1. The van der Waals surface area contributed by atoms with E-state index in [1.165, 1.54) is 0 Å². The van der Waals surface area contributed by atoms with E-state index in [-0.39, 0.29) is 10.7 Å². The van der Waals surface area contributed by atoms with Crippen LogP contribution < -0.4 is 0 Å². The third-order valence-corrected chi connectivity index (χ3v) is 7.04. The fraction of sp³-hybridized carbons (Fsp3) is 0.700. The van der Waals surface area contributed by atoms with Gasteiger partial charge in [0.25, 0.3) is 0 Å². The maximum atomic E-state index is 11.6. The Kier molecular flexibility index (Phi) is 4.75. The summed E-state index contributed by atoms with van der Waals surface area (Å²) in [4.78, 5) is 11.6. The summed E-state index contributed by atoms with van der Waals surface area (Å²) in [5, 5.41) is 0. The molecule has 13 heavy (non-hydrogen) atoms. The number of hydrogen-bond donors (Lipinski definition) is 0. The molecule has 0 aromatic carbocycles. The van der Waals surface area contributed by atoms with Crippen LogP contribution in [0.4, 0.5) is 0 Å². The second-order valence-corrected chi connectivity index (χ2v) is 15.5. The summed E-state index contributed by atoms with van der Waals surface area (Å²) in [5.74, 6) is 6.53. The van der Waals surface area contributed by atoms with Crippen LogP contribution in [0.2, 0.25) is 22.0 Å². The fourth-order valence-electron chi connectivity index (χ4n) is 1.52. The van der Waals surface area contributed by atoms with E-state index in [0.29, 0.717) is 6.61 Å². The van der Waals surface area contributed by atoms with Crippen LogP contribution in [-0.4, -0.2) is 25.8 Å². The van der Waals surface area contributed by atoms with Crippen molar-refractivity contribution in [2.24, 2.45) is 0 Å². The van der Waals surface area contributed by atoms with Gasteiger partial charge in [-0.3, -0.25) is 0 Å². The van der Waals surface area contributed by atoms with Crippen molar-refractivity contribution in [1.82, 2.24) is 0 Å². The summed E-state index contributed by atoms with van der Waals surface area (Å²) in [5.41, 5.74) is 0.950. The van der Waals surface area contributed by atoms with Gasteiger partial charge < -0.3 is 0 Å². The second-order valence-electron chi connectivity index (χ2n) is 4.40. The first kappa shape index (κ1) is 12.8. The van der Waals surface area contributed by atoms with E-state index in [9.17, 15) is 4.79 Å². The Labute approximate surface area is 83.7 Å². The molecular weight excluding hydrogens is 225 g/mol. The average molecular weight is 245 g/mol. The molecule has 0 saturated heterocycles. The van der Waals surface area contributed by atoms with E-state index < -0.39 is 13.3 Å². The van der Waals surface area contributed by atoms with Crippen LogP contribution >= 0.6 is 0 Å². The minimum absolute atomic E-state index is 0.0139. The van der Waals surface area contributed by atoms with Crippen molar-refractivity contribution in [1.29, 1.82) is 0 Å². The molecule has 0 fully saturated rings. The molecule has 3 heteroatoms. The van der Waals surface area contributed by atoms with Gasteiger partial charge in [-0.1, -0.05) is 0 Å². The second kappa shape index (κ2) is 4.84. The van der Waals surface area contributed by atoms with Gasteiger partial charge in [-0.25, -0.2) is 0 Å². The van der Waals surface area contributed by atoms with Gasteiger partial charge in [0.15, 0.2) is 0 Å². The summed E-state index contributed by atoms with van der Waals surface area (Å²) in [7, 11) is 0. The summed E-state index contributed by atoms with van der Waals surface area (Å²) >= 11 is -2.02. The van der Waals surface area contributed by atoms with Gasteiger partial charge in [0, 0.05) is 0 Å². The summed E-state index contributed by atoms with van der Waals surface area (Å²) in [6.07, 6.45) is 0. The Morgan fingerprint density at radius 1 is 1.46 bits per heavy atom. The van der Waals surface area contributed by atoms with Crippen molar-refractivity contribution >= 4 is 19.2 Å². The van der Waals surface area contributed by atoms with Gasteiger partial charge in [0.05, 0.1) is 0 Å². The Hall–Kier alpha value is -0.247. The first-order chi connectivity index (χ1) is 5.80. The molecule has 0 saturated carbocycles. The zero-order valence-corrected chi connectivity index (χ0v) is 11.4. The maximum absolute atomic E-state index is 11.6. The van der Waals surface area contributed by atoms with E-state index in [1.54, 1.807) is 0 Å². The number of hydrogen-bond acceptors (Lipinski definition) is 2. The van der Waals surface area contributed by atoms with Crippen LogP contribution in [0.25, 0.3) is 0 Å². The van der Waals surface area contributed by atoms with Gasteiger partial charge >= 0.3 is 83.4 Å². The zero-order valence-electron chi connectivity index (χ0n) is 9.31. The standard InChI is InChI=1S/C10H20GeO2/c1-7-13-10(12)9(8(2)3)11(4,5)6/h9H,2,7H2,1,3-6H3. The molecule has 0 N–H and O–H groups in total. The van der Waals surface area contributed by atoms with Crippen molar-refractivity contribution in [3.8, 4) is 0 Å². The molecule has 1 unspecified atom stereocenters. The molecule has 0 aromatic heterocycles. The third kappa shape index (κ3) is 3.98. The minimum atomic E-state index is -2.02. The molecule has 0 spiro atoms. The molecule has 76 valence electrons. The van der Waals surface area contributed by atoms with E-state index >= 15 is 0 Å². The summed E-state index contributed by atoms with van der Waals surface area (Å²) in [6.45, 7) is 8.08. The van der Waals surface area contributed by atoms with Crippen LogP contribution in [0.3, 0.4) is 0 Å². The van der Waals surface area contributed by atoms with Crippen LogP contribution in [-0.2, 0) is 9.53 Å². The Balaban J connectivity index is 4.63. The number of rotatable bonds is 4. The first-order valence-corrected chi connectivity index (χ1v) is 12.1. The van der Waals surface area contributed by atoms with Crippen LogP contribution in [0.15, 0.2) is 12.2 Å². The Morgan fingerprint density at radius 2 is 1.92 bits per heavy atom. The van der Waals surface area contributed by atoms with E-state index in [4.69, 9.17) is 4.74 Å². The molecule has 2 nitrogen and oxygen atoms in total. The monoisotopic (exact) mass is 246 g/mol. The molecule has 0 rings (SSSR count). The molecule has 0 heterocycles. The molecule has 0 bridgehead atoms. The van der Waals surface area contributed by atoms with E-state index in [0.717, 1.165) is 5.57 Å². The van der Waals surface area contributed by atoms with Gasteiger partial charge in [-0.15, -0.1) is 0 Å². The predicted octanol–water partition coefficient (Wildman–Crippen LogP) is 2.83. The van der Waals surface area contributed by atoms with Crippen molar-refractivity contribution in [3.05, 3.63) is 12.2 Å². The molecule has 0 aromatic rings.